The van der Waals surface area contributed by atoms with E-state index in [0.29, 0.717) is 0 Å². The minimum absolute atomic E-state index is 0.117. The number of rotatable bonds is 4. The summed E-state index contributed by atoms with van der Waals surface area (Å²) in [5, 5.41) is 3.73. The van der Waals surface area contributed by atoms with Crippen LogP contribution in [0.4, 0.5) is 0 Å². The minimum Gasteiger partial charge on any atom is -0.301 e. The van der Waals surface area contributed by atoms with Gasteiger partial charge < -0.3 is 5.32 Å². The number of hydrogen-bond acceptors (Lipinski definition) is 3. The molecule has 112 valence electrons. The molecule has 2 unspecified atom stereocenters. The summed E-state index contributed by atoms with van der Waals surface area (Å²) in [5.74, 6) is 0. The summed E-state index contributed by atoms with van der Waals surface area (Å²) < 4.78 is 0. The zero-order chi connectivity index (χ0) is 15.5. The summed E-state index contributed by atoms with van der Waals surface area (Å²) in [7, 11) is 0. The largest absolute Gasteiger partial charge is 0.301 e. The molecule has 0 saturated carbocycles. The van der Waals surface area contributed by atoms with E-state index in [4.69, 9.17) is 0 Å². The first-order valence-electron chi connectivity index (χ1n) is 7.48. The van der Waals surface area contributed by atoms with Crippen molar-refractivity contribution in [1.29, 1.82) is 0 Å². The summed E-state index contributed by atoms with van der Waals surface area (Å²) in [6, 6.07) is 11.0. The van der Waals surface area contributed by atoms with E-state index in [1.807, 2.05) is 6.92 Å². The fourth-order valence-corrected chi connectivity index (χ4v) is 2.66. The van der Waals surface area contributed by atoms with Gasteiger partial charge in [-0.3, -0.25) is 9.97 Å². The Hall–Kier alpha value is -1.74. The van der Waals surface area contributed by atoms with E-state index in [1.165, 1.54) is 5.56 Å². The van der Waals surface area contributed by atoms with Crippen molar-refractivity contribution in [3.05, 3.63) is 59.7 Å². The van der Waals surface area contributed by atoms with Crippen molar-refractivity contribution in [1.82, 2.24) is 15.3 Å². The van der Waals surface area contributed by atoms with E-state index in [0.717, 1.165) is 11.4 Å². The molecule has 3 heteroatoms. The van der Waals surface area contributed by atoms with Gasteiger partial charge in [-0.2, -0.15) is 0 Å². The molecule has 0 fully saturated rings. The van der Waals surface area contributed by atoms with E-state index in [9.17, 15) is 0 Å². The highest BCUT2D eigenvalue weighted by atomic mass is 15.0. The van der Waals surface area contributed by atoms with Crippen LogP contribution >= 0.6 is 0 Å². The van der Waals surface area contributed by atoms with Crippen molar-refractivity contribution in [2.45, 2.75) is 46.7 Å². The fraction of sp³-hybridized carbons (Fsp3) is 0.444. The van der Waals surface area contributed by atoms with Gasteiger partial charge in [-0.25, -0.2) is 0 Å². The normalized spacial score (nSPS) is 14.7. The van der Waals surface area contributed by atoms with E-state index in [-0.39, 0.29) is 17.5 Å². The third kappa shape index (κ3) is 3.88. The molecule has 0 radical (unpaired) electrons. The standard InChI is InChI=1S/C18H25N3/c1-13-16(20-12-11-19-13)14(2)21-17(18(3,4)5)15-9-7-6-8-10-15/h6-12,14,17,21H,1-5H3. The predicted octanol–water partition coefficient (Wildman–Crippen LogP) is 4.22. The number of nitrogens with one attached hydrogen (secondary N) is 1. The van der Waals surface area contributed by atoms with Crippen molar-refractivity contribution < 1.29 is 0 Å². The maximum absolute atomic E-state index is 4.48. The Bertz CT molecular complexity index is 573. The van der Waals surface area contributed by atoms with Crippen molar-refractivity contribution >= 4 is 0 Å². The second-order valence-corrected chi connectivity index (χ2v) is 6.63. The van der Waals surface area contributed by atoms with Gasteiger partial charge >= 0.3 is 0 Å². The van der Waals surface area contributed by atoms with Crippen LogP contribution in [0.25, 0.3) is 0 Å². The molecule has 0 aliphatic rings. The zero-order valence-corrected chi connectivity index (χ0v) is 13.6. The van der Waals surface area contributed by atoms with Crippen LogP contribution in [-0.4, -0.2) is 9.97 Å². The maximum atomic E-state index is 4.48. The topological polar surface area (TPSA) is 37.8 Å². The van der Waals surface area contributed by atoms with Gasteiger partial charge in [0.1, 0.15) is 0 Å². The van der Waals surface area contributed by atoms with Gasteiger partial charge in [0.25, 0.3) is 0 Å². The number of aryl methyl sites for hydroxylation is 1. The Morgan fingerprint density at radius 2 is 1.62 bits per heavy atom. The van der Waals surface area contributed by atoms with Crippen molar-refractivity contribution in [2.75, 3.05) is 0 Å². The smallest absolute Gasteiger partial charge is 0.0782 e. The molecular weight excluding hydrogens is 258 g/mol. The van der Waals surface area contributed by atoms with Crippen molar-refractivity contribution in [3.8, 4) is 0 Å². The highest BCUT2D eigenvalue weighted by molar-refractivity contribution is 5.22. The molecule has 2 aromatic rings. The SMILES string of the molecule is Cc1nccnc1C(C)NC(c1ccccc1)C(C)(C)C. The molecule has 0 saturated heterocycles. The molecule has 0 spiro atoms. The zero-order valence-electron chi connectivity index (χ0n) is 13.6. The van der Waals surface area contributed by atoms with Crippen molar-refractivity contribution in [3.63, 3.8) is 0 Å². The molecule has 0 bridgehead atoms. The second kappa shape index (κ2) is 6.35. The summed E-state index contributed by atoms with van der Waals surface area (Å²) in [4.78, 5) is 8.82. The van der Waals surface area contributed by atoms with Crippen LogP contribution in [0.3, 0.4) is 0 Å². The van der Waals surface area contributed by atoms with Gasteiger partial charge in [0, 0.05) is 24.5 Å². The Balaban J connectivity index is 2.26. The average Bonchev–Trinajstić information content (AvgIpc) is 2.44. The van der Waals surface area contributed by atoms with Crippen molar-refractivity contribution in [2.24, 2.45) is 5.41 Å². The number of aromatic nitrogens is 2. The summed E-state index contributed by atoms with van der Waals surface area (Å²) in [6.07, 6.45) is 3.50. The maximum Gasteiger partial charge on any atom is 0.0782 e. The number of nitrogens with zero attached hydrogens (tertiary/aromatic N) is 2. The summed E-state index contributed by atoms with van der Waals surface area (Å²) in [5.41, 5.74) is 3.42. The first kappa shape index (κ1) is 15.6. The molecule has 0 aliphatic heterocycles. The third-order valence-corrected chi connectivity index (χ3v) is 3.74. The van der Waals surface area contributed by atoms with E-state index < -0.39 is 0 Å². The number of benzene rings is 1. The molecule has 1 aromatic carbocycles. The van der Waals surface area contributed by atoms with Gasteiger partial charge in [0.05, 0.1) is 11.4 Å². The van der Waals surface area contributed by atoms with Crippen LogP contribution in [0.5, 0.6) is 0 Å². The lowest BCUT2D eigenvalue weighted by atomic mass is 9.82. The molecule has 2 atom stereocenters. The van der Waals surface area contributed by atoms with Gasteiger partial charge in [-0.15, -0.1) is 0 Å². The first-order valence-corrected chi connectivity index (χ1v) is 7.48. The van der Waals surface area contributed by atoms with Gasteiger partial charge in [-0.1, -0.05) is 51.1 Å². The fourth-order valence-electron chi connectivity index (χ4n) is 2.66. The lowest BCUT2D eigenvalue weighted by Crippen LogP contribution is -2.34. The van der Waals surface area contributed by atoms with Gasteiger partial charge in [0.2, 0.25) is 0 Å². The molecule has 1 N–H and O–H groups in total. The average molecular weight is 283 g/mol. The lowest BCUT2D eigenvalue weighted by Gasteiger charge is -2.34. The molecule has 2 rings (SSSR count). The first-order chi connectivity index (χ1) is 9.89. The van der Waals surface area contributed by atoms with Gasteiger partial charge in [0.15, 0.2) is 0 Å². The monoisotopic (exact) mass is 283 g/mol. The molecule has 3 nitrogen and oxygen atoms in total. The Kier molecular flexibility index (Phi) is 4.73. The minimum atomic E-state index is 0.117. The second-order valence-electron chi connectivity index (χ2n) is 6.63. The highest BCUT2D eigenvalue weighted by Gasteiger charge is 2.28. The highest BCUT2D eigenvalue weighted by Crippen LogP contribution is 2.34. The van der Waals surface area contributed by atoms with Crippen LogP contribution in [0.15, 0.2) is 42.7 Å². The number of hydrogen-bond donors (Lipinski definition) is 1. The Morgan fingerprint density at radius 3 is 2.19 bits per heavy atom. The molecule has 0 aliphatic carbocycles. The Morgan fingerprint density at radius 1 is 1.00 bits per heavy atom. The Labute approximate surface area is 127 Å². The van der Waals surface area contributed by atoms with Crippen LogP contribution in [0.2, 0.25) is 0 Å². The molecule has 0 amide bonds. The molecule has 1 heterocycles. The van der Waals surface area contributed by atoms with Crippen LogP contribution < -0.4 is 5.32 Å². The van der Waals surface area contributed by atoms with Gasteiger partial charge in [-0.05, 0) is 24.8 Å². The van der Waals surface area contributed by atoms with E-state index in [1.54, 1.807) is 12.4 Å². The quantitative estimate of drug-likeness (QED) is 0.912. The van der Waals surface area contributed by atoms with Crippen LogP contribution in [0, 0.1) is 12.3 Å². The van der Waals surface area contributed by atoms with Crippen LogP contribution in [0.1, 0.15) is 56.7 Å². The molecule has 21 heavy (non-hydrogen) atoms. The summed E-state index contributed by atoms with van der Waals surface area (Å²) >= 11 is 0. The summed E-state index contributed by atoms with van der Waals surface area (Å²) in [6.45, 7) is 10.9. The lowest BCUT2D eigenvalue weighted by molar-refractivity contribution is 0.252. The predicted molar refractivity (Wildman–Crippen MR) is 87.0 cm³/mol. The molecule has 1 aromatic heterocycles. The van der Waals surface area contributed by atoms with Crippen LogP contribution in [-0.2, 0) is 0 Å². The molecular formula is C18H25N3. The van der Waals surface area contributed by atoms with E-state index in [2.05, 4.69) is 73.3 Å². The third-order valence-electron chi connectivity index (χ3n) is 3.74. The van der Waals surface area contributed by atoms with E-state index >= 15 is 0 Å².